The third-order valence-electron chi connectivity index (χ3n) is 3.73. The lowest BCUT2D eigenvalue weighted by atomic mass is 9.95. The molecule has 2 heterocycles. The standard InChI is InChI=1S/C13H19N3O4/c1-8(14)10-4-5-11(17)15-6-2-3-9(7-12(18)19)16(15)13(10)20/h2-3,8-10H,4-7,14H2,1H3,(H,18,19). The largest absolute Gasteiger partial charge is 0.481 e. The number of nitrogens with zero attached hydrogens (tertiary/aromatic N) is 2. The average Bonchev–Trinajstić information content (AvgIpc) is 2.48. The molecule has 3 unspecified atom stereocenters. The van der Waals surface area contributed by atoms with Crippen molar-refractivity contribution in [2.24, 2.45) is 11.7 Å². The van der Waals surface area contributed by atoms with Gasteiger partial charge in [-0.05, 0) is 13.3 Å². The number of carboxylic acid groups (broad SMARTS) is 1. The number of amides is 2. The van der Waals surface area contributed by atoms with Gasteiger partial charge in [-0.2, -0.15) is 0 Å². The van der Waals surface area contributed by atoms with E-state index in [1.807, 2.05) is 0 Å². The Kier molecular flexibility index (Phi) is 4.08. The van der Waals surface area contributed by atoms with E-state index >= 15 is 0 Å². The number of aliphatic carboxylic acids is 1. The van der Waals surface area contributed by atoms with E-state index in [9.17, 15) is 14.4 Å². The fraction of sp³-hybridized carbons (Fsp3) is 0.615. The van der Waals surface area contributed by atoms with Crippen LogP contribution in [0, 0.1) is 5.92 Å². The fourth-order valence-electron chi connectivity index (χ4n) is 2.69. The summed E-state index contributed by atoms with van der Waals surface area (Å²) in [4.78, 5) is 35.6. The molecule has 0 bridgehead atoms. The molecule has 7 nitrogen and oxygen atoms in total. The number of hydrogen-bond donors (Lipinski definition) is 2. The lowest BCUT2D eigenvalue weighted by Crippen LogP contribution is -2.57. The first-order chi connectivity index (χ1) is 9.41. The summed E-state index contributed by atoms with van der Waals surface area (Å²) >= 11 is 0. The molecule has 0 spiro atoms. The van der Waals surface area contributed by atoms with Gasteiger partial charge >= 0.3 is 5.97 Å². The van der Waals surface area contributed by atoms with E-state index in [-0.39, 0.29) is 30.7 Å². The van der Waals surface area contributed by atoms with Crippen LogP contribution in [0.5, 0.6) is 0 Å². The monoisotopic (exact) mass is 281 g/mol. The number of fused-ring (bicyclic) bond motifs is 1. The molecule has 3 N–H and O–H groups in total. The maximum absolute atomic E-state index is 12.6. The van der Waals surface area contributed by atoms with Gasteiger partial charge in [-0.1, -0.05) is 12.2 Å². The Morgan fingerprint density at radius 1 is 1.55 bits per heavy atom. The van der Waals surface area contributed by atoms with Crippen LogP contribution in [-0.4, -0.2) is 51.5 Å². The van der Waals surface area contributed by atoms with E-state index in [2.05, 4.69) is 0 Å². The second kappa shape index (κ2) is 5.62. The van der Waals surface area contributed by atoms with Crippen molar-refractivity contribution in [3.05, 3.63) is 12.2 Å². The Labute approximate surface area is 117 Å². The molecule has 0 saturated carbocycles. The Bertz CT molecular complexity index is 461. The van der Waals surface area contributed by atoms with Gasteiger partial charge < -0.3 is 10.8 Å². The van der Waals surface area contributed by atoms with Crippen molar-refractivity contribution >= 4 is 17.8 Å². The summed E-state index contributed by atoms with van der Waals surface area (Å²) < 4.78 is 0. The van der Waals surface area contributed by atoms with Crippen molar-refractivity contribution in [2.75, 3.05) is 6.54 Å². The Morgan fingerprint density at radius 2 is 2.25 bits per heavy atom. The molecular formula is C13H19N3O4. The Hall–Kier alpha value is -1.89. The third-order valence-corrected chi connectivity index (χ3v) is 3.73. The maximum atomic E-state index is 12.6. The molecule has 2 aliphatic rings. The molecule has 110 valence electrons. The number of carbonyl (C=O) groups is 3. The molecule has 0 aromatic carbocycles. The summed E-state index contributed by atoms with van der Waals surface area (Å²) in [6, 6.07) is -0.997. The van der Waals surface area contributed by atoms with E-state index < -0.39 is 17.9 Å². The van der Waals surface area contributed by atoms with E-state index in [0.29, 0.717) is 13.0 Å². The zero-order chi connectivity index (χ0) is 14.9. The minimum Gasteiger partial charge on any atom is -0.481 e. The van der Waals surface area contributed by atoms with Crippen LogP contribution in [0.3, 0.4) is 0 Å². The Balaban J connectivity index is 2.34. The van der Waals surface area contributed by atoms with E-state index in [1.54, 1.807) is 19.1 Å². The molecular weight excluding hydrogens is 262 g/mol. The van der Waals surface area contributed by atoms with Crippen LogP contribution >= 0.6 is 0 Å². The fourth-order valence-corrected chi connectivity index (χ4v) is 2.69. The van der Waals surface area contributed by atoms with Gasteiger partial charge in [0.2, 0.25) is 11.8 Å². The van der Waals surface area contributed by atoms with Crippen molar-refractivity contribution in [1.29, 1.82) is 0 Å². The molecule has 0 aromatic heterocycles. The molecule has 2 amide bonds. The van der Waals surface area contributed by atoms with Crippen LogP contribution in [0.4, 0.5) is 0 Å². The summed E-state index contributed by atoms with van der Waals surface area (Å²) in [5.74, 6) is -1.89. The van der Waals surface area contributed by atoms with Gasteiger partial charge in [-0.15, -0.1) is 0 Å². The predicted octanol–water partition coefficient (Wildman–Crippen LogP) is -0.271. The van der Waals surface area contributed by atoms with Crippen LogP contribution in [-0.2, 0) is 14.4 Å². The second-order valence-electron chi connectivity index (χ2n) is 5.26. The summed E-state index contributed by atoms with van der Waals surface area (Å²) in [5.41, 5.74) is 5.83. The van der Waals surface area contributed by atoms with Crippen molar-refractivity contribution in [3.63, 3.8) is 0 Å². The maximum Gasteiger partial charge on any atom is 0.305 e. The number of carbonyl (C=O) groups excluding carboxylic acids is 2. The normalized spacial score (nSPS) is 28.1. The van der Waals surface area contributed by atoms with Crippen LogP contribution < -0.4 is 5.73 Å². The van der Waals surface area contributed by atoms with E-state index in [4.69, 9.17) is 10.8 Å². The highest BCUT2D eigenvalue weighted by Gasteiger charge is 2.41. The topological polar surface area (TPSA) is 104 Å². The first kappa shape index (κ1) is 14.5. The molecule has 2 rings (SSSR count). The molecule has 0 aliphatic carbocycles. The number of rotatable bonds is 3. The van der Waals surface area contributed by atoms with Crippen LogP contribution in [0.2, 0.25) is 0 Å². The summed E-state index contributed by atoms with van der Waals surface area (Å²) in [6.07, 6.45) is 3.82. The molecule has 20 heavy (non-hydrogen) atoms. The zero-order valence-corrected chi connectivity index (χ0v) is 11.4. The predicted molar refractivity (Wildman–Crippen MR) is 70.1 cm³/mol. The SMILES string of the molecule is CC(N)C1CCC(=O)N2CC=CC(CC(=O)O)N2C1=O. The third kappa shape index (κ3) is 2.67. The first-order valence-electron chi connectivity index (χ1n) is 6.69. The van der Waals surface area contributed by atoms with Crippen LogP contribution in [0.15, 0.2) is 12.2 Å². The van der Waals surface area contributed by atoms with Gasteiger partial charge in [0, 0.05) is 12.5 Å². The number of hydrogen-bond acceptors (Lipinski definition) is 4. The average molecular weight is 281 g/mol. The molecule has 7 heteroatoms. The minimum absolute atomic E-state index is 0.166. The van der Waals surface area contributed by atoms with Gasteiger partial charge in [-0.3, -0.25) is 14.4 Å². The van der Waals surface area contributed by atoms with Crippen molar-refractivity contribution in [2.45, 2.75) is 38.3 Å². The highest BCUT2D eigenvalue weighted by Crippen LogP contribution is 2.26. The van der Waals surface area contributed by atoms with Gasteiger partial charge in [0.15, 0.2) is 0 Å². The second-order valence-corrected chi connectivity index (χ2v) is 5.26. The van der Waals surface area contributed by atoms with Crippen LogP contribution in [0.25, 0.3) is 0 Å². The van der Waals surface area contributed by atoms with E-state index in [0.717, 1.165) is 0 Å². The summed E-state index contributed by atoms with van der Waals surface area (Å²) in [5, 5.41) is 11.6. The molecule has 0 radical (unpaired) electrons. The van der Waals surface area contributed by atoms with Gasteiger partial charge in [0.25, 0.3) is 0 Å². The number of nitrogens with two attached hydrogens (primary N) is 1. The molecule has 0 aromatic rings. The number of carboxylic acids is 1. The first-order valence-corrected chi connectivity index (χ1v) is 6.69. The van der Waals surface area contributed by atoms with Gasteiger partial charge in [0.05, 0.1) is 24.9 Å². The molecule has 3 atom stereocenters. The summed E-state index contributed by atoms with van der Waals surface area (Å²) in [6.45, 7) is 2.03. The van der Waals surface area contributed by atoms with Crippen molar-refractivity contribution in [3.8, 4) is 0 Å². The summed E-state index contributed by atoms with van der Waals surface area (Å²) in [7, 11) is 0. The van der Waals surface area contributed by atoms with Crippen molar-refractivity contribution in [1.82, 2.24) is 10.0 Å². The molecule has 1 fully saturated rings. The lowest BCUT2D eigenvalue weighted by Gasteiger charge is -2.40. The smallest absolute Gasteiger partial charge is 0.305 e. The minimum atomic E-state index is -1.01. The van der Waals surface area contributed by atoms with Gasteiger partial charge in [0.1, 0.15) is 0 Å². The highest BCUT2D eigenvalue weighted by molar-refractivity contribution is 5.88. The quantitative estimate of drug-likeness (QED) is 0.693. The lowest BCUT2D eigenvalue weighted by molar-refractivity contribution is -0.168. The van der Waals surface area contributed by atoms with E-state index in [1.165, 1.54) is 10.0 Å². The number of hydrazine groups is 1. The zero-order valence-electron chi connectivity index (χ0n) is 11.4. The van der Waals surface area contributed by atoms with Gasteiger partial charge in [-0.25, -0.2) is 10.0 Å². The molecule has 1 saturated heterocycles. The highest BCUT2D eigenvalue weighted by atomic mass is 16.4. The van der Waals surface area contributed by atoms with Crippen LogP contribution in [0.1, 0.15) is 26.2 Å². The Morgan fingerprint density at radius 3 is 2.85 bits per heavy atom. The van der Waals surface area contributed by atoms with Crippen molar-refractivity contribution < 1.29 is 19.5 Å². The molecule has 2 aliphatic heterocycles.